The van der Waals surface area contributed by atoms with Crippen molar-refractivity contribution < 1.29 is 9.53 Å². The number of methoxy groups -OCH3 is 1. The molecule has 0 radical (unpaired) electrons. The highest BCUT2D eigenvalue weighted by molar-refractivity contribution is 5.96. The summed E-state index contributed by atoms with van der Waals surface area (Å²) in [5.74, 6) is 1.99. The summed E-state index contributed by atoms with van der Waals surface area (Å²) in [6.45, 7) is 10.2. The molecule has 1 fully saturated rings. The zero-order valence-electron chi connectivity index (χ0n) is 13.9. The second-order valence-electron chi connectivity index (χ2n) is 6.56. The number of carbonyl (C=O) groups is 1. The largest absolute Gasteiger partial charge is 0.496 e. The van der Waals surface area contributed by atoms with Gasteiger partial charge in [0.15, 0.2) is 0 Å². The van der Waals surface area contributed by atoms with E-state index in [1.807, 2.05) is 24.0 Å². The second kappa shape index (κ2) is 6.50. The van der Waals surface area contributed by atoms with Gasteiger partial charge in [0.25, 0.3) is 5.91 Å². The molecule has 1 saturated heterocycles. The molecule has 0 aromatic heterocycles. The van der Waals surface area contributed by atoms with Crippen molar-refractivity contribution in [3.8, 4) is 5.75 Å². The first-order valence-electron chi connectivity index (χ1n) is 7.91. The smallest absolute Gasteiger partial charge is 0.254 e. The zero-order chi connectivity index (χ0) is 15.6. The van der Waals surface area contributed by atoms with E-state index in [1.165, 1.54) is 6.42 Å². The number of ether oxygens (including phenoxy) is 1. The Balaban J connectivity index is 2.34. The van der Waals surface area contributed by atoms with Gasteiger partial charge in [-0.25, -0.2) is 0 Å². The maximum Gasteiger partial charge on any atom is 0.254 e. The van der Waals surface area contributed by atoms with Gasteiger partial charge in [0.1, 0.15) is 5.75 Å². The van der Waals surface area contributed by atoms with Crippen molar-refractivity contribution in [1.29, 1.82) is 0 Å². The summed E-state index contributed by atoms with van der Waals surface area (Å²) < 4.78 is 5.46. The minimum absolute atomic E-state index is 0.170. The lowest BCUT2D eigenvalue weighted by atomic mass is 9.94. The van der Waals surface area contributed by atoms with Gasteiger partial charge in [-0.1, -0.05) is 20.8 Å². The Labute approximate surface area is 128 Å². The van der Waals surface area contributed by atoms with Crippen LogP contribution in [0.2, 0.25) is 0 Å². The summed E-state index contributed by atoms with van der Waals surface area (Å²) in [7, 11) is 1.69. The minimum atomic E-state index is 0.170. The van der Waals surface area contributed by atoms with E-state index in [0.29, 0.717) is 11.8 Å². The van der Waals surface area contributed by atoms with Crippen LogP contribution in [0.25, 0.3) is 0 Å². The molecule has 0 N–H and O–H groups in total. The van der Waals surface area contributed by atoms with Crippen LogP contribution < -0.4 is 4.74 Å². The average Bonchev–Trinajstić information content (AvgIpc) is 2.45. The number of rotatable bonds is 3. The molecule has 1 aromatic rings. The van der Waals surface area contributed by atoms with Crippen LogP contribution in [0.5, 0.6) is 5.75 Å². The van der Waals surface area contributed by atoms with E-state index in [9.17, 15) is 4.79 Å². The standard InChI is InChI=1S/C18H27NO2/c1-12(2)15-10-16(14(4)9-17(15)21-5)18(20)19-8-6-7-13(3)11-19/h9-10,12-13H,6-8,11H2,1-5H3/t13-/m1/s1. The van der Waals surface area contributed by atoms with Crippen molar-refractivity contribution in [3.63, 3.8) is 0 Å². The maximum atomic E-state index is 12.8. The number of likely N-dealkylation sites (tertiary alicyclic amines) is 1. The van der Waals surface area contributed by atoms with Gasteiger partial charge < -0.3 is 9.64 Å². The van der Waals surface area contributed by atoms with E-state index >= 15 is 0 Å². The number of piperidine rings is 1. The second-order valence-corrected chi connectivity index (χ2v) is 6.56. The van der Waals surface area contributed by atoms with Crippen molar-refractivity contribution >= 4 is 5.91 Å². The monoisotopic (exact) mass is 289 g/mol. The molecular weight excluding hydrogens is 262 g/mol. The van der Waals surface area contributed by atoms with E-state index in [0.717, 1.165) is 42.0 Å². The van der Waals surface area contributed by atoms with Crippen LogP contribution in [0.1, 0.15) is 61.0 Å². The van der Waals surface area contributed by atoms with E-state index < -0.39 is 0 Å². The summed E-state index contributed by atoms with van der Waals surface area (Å²) in [6, 6.07) is 4.02. The van der Waals surface area contributed by atoms with Gasteiger partial charge >= 0.3 is 0 Å². The predicted octanol–water partition coefficient (Wildman–Crippen LogP) is 4.00. The van der Waals surface area contributed by atoms with E-state index in [2.05, 4.69) is 20.8 Å². The van der Waals surface area contributed by atoms with Crippen molar-refractivity contribution in [3.05, 3.63) is 28.8 Å². The molecule has 1 atom stereocenters. The third-order valence-electron chi connectivity index (χ3n) is 4.37. The molecule has 2 rings (SSSR count). The normalized spacial score (nSPS) is 19.0. The quantitative estimate of drug-likeness (QED) is 0.841. The lowest BCUT2D eigenvalue weighted by Crippen LogP contribution is -2.39. The lowest BCUT2D eigenvalue weighted by molar-refractivity contribution is 0.0682. The molecule has 0 spiro atoms. The molecule has 116 valence electrons. The predicted molar refractivity (Wildman–Crippen MR) is 86.1 cm³/mol. The van der Waals surface area contributed by atoms with Crippen LogP contribution in [0.15, 0.2) is 12.1 Å². The highest BCUT2D eigenvalue weighted by Gasteiger charge is 2.24. The maximum absolute atomic E-state index is 12.8. The first-order valence-corrected chi connectivity index (χ1v) is 7.91. The molecule has 0 unspecified atom stereocenters. The summed E-state index contributed by atoms with van der Waals surface area (Å²) in [4.78, 5) is 14.8. The van der Waals surface area contributed by atoms with Crippen molar-refractivity contribution in [2.45, 2.75) is 46.5 Å². The molecule has 3 heteroatoms. The van der Waals surface area contributed by atoms with Crippen molar-refractivity contribution in [2.24, 2.45) is 5.92 Å². The van der Waals surface area contributed by atoms with Gasteiger partial charge in [-0.15, -0.1) is 0 Å². The minimum Gasteiger partial charge on any atom is -0.496 e. The number of benzene rings is 1. The van der Waals surface area contributed by atoms with Gasteiger partial charge in [0, 0.05) is 18.7 Å². The van der Waals surface area contributed by atoms with Gasteiger partial charge in [0.2, 0.25) is 0 Å². The Hall–Kier alpha value is -1.51. The van der Waals surface area contributed by atoms with E-state index in [1.54, 1.807) is 7.11 Å². The Morgan fingerprint density at radius 2 is 2.10 bits per heavy atom. The Morgan fingerprint density at radius 1 is 1.38 bits per heavy atom. The fourth-order valence-electron chi connectivity index (χ4n) is 3.10. The van der Waals surface area contributed by atoms with Crippen LogP contribution in [-0.4, -0.2) is 31.0 Å². The number of carbonyl (C=O) groups excluding carboxylic acids is 1. The number of aryl methyl sites for hydroxylation is 1. The highest BCUT2D eigenvalue weighted by atomic mass is 16.5. The number of nitrogens with zero attached hydrogens (tertiary/aromatic N) is 1. The summed E-state index contributed by atoms with van der Waals surface area (Å²) in [5, 5.41) is 0. The zero-order valence-corrected chi connectivity index (χ0v) is 13.9. The Morgan fingerprint density at radius 3 is 2.67 bits per heavy atom. The van der Waals surface area contributed by atoms with Gasteiger partial charge in [-0.3, -0.25) is 4.79 Å². The first kappa shape index (κ1) is 15.9. The fourth-order valence-corrected chi connectivity index (χ4v) is 3.10. The van der Waals surface area contributed by atoms with Gasteiger partial charge in [-0.2, -0.15) is 0 Å². The molecule has 1 aliphatic heterocycles. The third-order valence-corrected chi connectivity index (χ3v) is 4.37. The van der Waals surface area contributed by atoms with Crippen LogP contribution in [0.4, 0.5) is 0 Å². The fraction of sp³-hybridized carbons (Fsp3) is 0.611. The molecule has 0 aliphatic carbocycles. The molecule has 0 bridgehead atoms. The number of hydrogen-bond acceptors (Lipinski definition) is 2. The Bertz CT molecular complexity index is 522. The van der Waals surface area contributed by atoms with Gasteiger partial charge in [0.05, 0.1) is 7.11 Å². The molecule has 3 nitrogen and oxygen atoms in total. The van der Waals surface area contributed by atoms with Crippen molar-refractivity contribution in [1.82, 2.24) is 4.90 Å². The number of amides is 1. The van der Waals surface area contributed by atoms with Crippen molar-refractivity contribution in [2.75, 3.05) is 20.2 Å². The molecule has 1 aliphatic rings. The van der Waals surface area contributed by atoms with E-state index in [4.69, 9.17) is 4.74 Å². The SMILES string of the molecule is COc1cc(C)c(C(=O)N2CCC[C@@H](C)C2)cc1C(C)C. The average molecular weight is 289 g/mol. The summed E-state index contributed by atoms with van der Waals surface area (Å²) >= 11 is 0. The third kappa shape index (κ3) is 3.39. The van der Waals surface area contributed by atoms with Gasteiger partial charge in [-0.05, 0) is 54.9 Å². The van der Waals surface area contributed by atoms with Crippen LogP contribution in [-0.2, 0) is 0 Å². The molecule has 21 heavy (non-hydrogen) atoms. The Kier molecular flexibility index (Phi) is 4.92. The van der Waals surface area contributed by atoms with Crippen LogP contribution in [0, 0.1) is 12.8 Å². The first-order chi connectivity index (χ1) is 9.93. The van der Waals surface area contributed by atoms with E-state index in [-0.39, 0.29) is 5.91 Å². The molecule has 0 saturated carbocycles. The number of hydrogen-bond donors (Lipinski definition) is 0. The topological polar surface area (TPSA) is 29.5 Å². The lowest BCUT2D eigenvalue weighted by Gasteiger charge is -2.31. The highest BCUT2D eigenvalue weighted by Crippen LogP contribution is 2.30. The molecular formula is C18H27NO2. The molecule has 1 heterocycles. The van der Waals surface area contributed by atoms with Crippen LogP contribution >= 0.6 is 0 Å². The molecule has 1 aromatic carbocycles. The van der Waals surface area contributed by atoms with Crippen LogP contribution in [0.3, 0.4) is 0 Å². The summed E-state index contributed by atoms with van der Waals surface area (Å²) in [5.41, 5.74) is 2.93. The summed E-state index contributed by atoms with van der Waals surface area (Å²) in [6.07, 6.45) is 2.34. The molecule has 1 amide bonds.